The molecule has 176 valence electrons. The number of methoxy groups -OCH3 is 1. The van der Waals surface area contributed by atoms with Crippen molar-refractivity contribution in [3.63, 3.8) is 0 Å². The number of carbonyl (C=O) groups excluding carboxylic acids is 1. The Morgan fingerprint density at radius 3 is 2.50 bits per heavy atom. The fourth-order valence-electron chi connectivity index (χ4n) is 4.39. The van der Waals surface area contributed by atoms with E-state index in [1.807, 2.05) is 69.3 Å². The number of aromatic nitrogens is 3. The van der Waals surface area contributed by atoms with E-state index in [1.54, 1.807) is 17.7 Å². The molecule has 0 aliphatic heterocycles. The van der Waals surface area contributed by atoms with Gasteiger partial charge in [-0.1, -0.05) is 41.6 Å². The van der Waals surface area contributed by atoms with Crippen LogP contribution >= 0.6 is 11.8 Å². The van der Waals surface area contributed by atoms with E-state index in [4.69, 9.17) is 9.72 Å². The first-order valence-corrected chi connectivity index (χ1v) is 12.2. The number of ketones is 1. The first kappa shape index (κ1) is 24.0. The molecule has 1 atom stereocenters. The molecule has 0 bridgehead atoms. The average Bonchev–Trinajstić information content (AvgIpc) is 3.12. The zero-order valence-corrected chi connectivity index (χ0v) is 21.0. The maximum absolute atomic E-state index is 13.4. The maximum Gasteiger partial charge on any atom is 0.266 e. The molecule has 0 aliphatic rings. The maximum atomic E-state index is 13.4. The SMILES string of the molecule is COC[C@@H](C)n1c(C)cc(C(=O)CSc2nc3ccccc3c(=O)n2-c2ccc(C)cc2)c1C. The molecule has 0 aliphatic carbocycles. The molecule has 0 radical (unpaired) electrons. The van der Waals surface area contributed by atoms with Gasteiger partial charge in [-0.3, -0.25) is 14.2 Å². The van der Waals surface area contributed by atoms with Crippen LogP contribution in [0.3, 0.4) is 0 Å². The Bertz CT molecular complexity index is 1400. The highest BCUT2D eigenvalue weighted by molar-refractivity contribution is 7.99. The Hall–Kier alpha value is -3.16. The van der Waals surface area contributed by atoms with Crippen molar-refractivity contribution in [2.45, 2.75) is 38.9 Å². The van der Waals surface area contributed by atoms with E-state index in [-0.39, 0.29) is 23.1 Å². The van der Waals surface area contributed by atoms with Crippen LogP contribution in [0.5, 0.6) is 0 Å². The summed E-state index contributed by atoms with van der Waals surface area (Å²) in [4.78, 5) is 31.4. The molecule has 7 heteroatoms. The summed E-state index contributed by atoms with van der Waals surface area (Å²) in [7, 11) is 1.68. The van der Waals surface area contributed by atoms with Gasteiger partial charge in [0.2, 0.25) is 0 Å². The van der Waals surface area contributed by atoms with Crippen LogP contribution in [0.4, 0.5) is 0 Å². The highest BCUT2D eigenvalue weighted by Crippen LogP contribution is 2.26. The van der Waals surface area contributed by atoms with Crippen molar-refractivity contribution in [1.82, 2.24) is 14.1 Å². The standard InChI is InChI=1S/C27H29N3O3S/c1-17-10-12-21(13-11-17)30-26(32)22-8-6-7-9-24(22)28-27(30)34-16-25(31)23-14-18(2)29(20(23)4)19(3)15-33-5/h6-14,19H,15-16H2,1-5H3/t19-/m1/s1. The number of thioether (sulfide) groups is 1. The number of aryl methyl sites for hydroxylation is 2. The molecule has 2 heterocycles. The molecule has 0 unspecified atom stereocenters. The molecule has 0 spiro atoms. The van der Waals surface area contributed by atoms with E-state index >= 15 is 0 Å². The third kappa shape index (κ3) is 4.58. The van der Waals surface area contributed by atoms with Crippen LogP contribution in [0, 0.1) is 20.8 Å². The number of hydrogen-bond acceptors (Lipinski definition) is 5. The zero-order valence-electron chi connectivity index (χ0n) is 20.2. The summed E-state index contributed by atoms with van der Waals surface area (Å²) in [6.07, 6.45) is 0. The van der Waals surface area contributed by atoms with Crippen molar-refractivity contribution < 1.29 is 9.53 Å². The average molecular weight is 476 g/mol. The Balaban J connectivity index is 1.70. The highest BCUT2D eigenvalue weighted by atomic mass is 32.2. The van der Waals surface area contributed by atoms with Crippen LogP contribution in [0.25, 0.3) is 16.6 Å². The normalized spacial score (nSPS) is 12.3. The fourth-order valence-corrected chi connectivity index (χ4v) is 5.29. The van der Waals surface area contributed by atoms with Crippen molar-refractivity contribution in [1.29, 1.82) is 0 Å². The molecule has 0 saturated heterocycles. The first-order chi connectivity index (χ1) is 16.3. The molecule has 0 saturated carbocycles. The predicted molar refractivity (Wildman–Crippen MR) is 138 cm³/mol. The molecule has 0 fully saturated rings. The Morgan fingerprint density at radius 1 is 1.09 bits per heavy atom. The molecule has 4 aromatic rings. The van der Waals surface area contributed by atoms with Crippen molar-refractivity contribution in [2.24, 2.45) is 0 Å². The van der Waals surface area contributed by atoms with Gasteiger partial charge in [0.15, 0.2) is 10.9 Å². The second kappa shape index (κ2) is 9.99. The summed E-state index contributed by atoms with van der Waals surface area (Å²) < 4.78 is 9.04. The molecule has 0 amide bonds. The van der Waals surface area contributed by atoms with Gasteiger partial charge in [0.1, 0.15) is 0 Å². The minimum atomic E-state index is -0.143. The predicted octanol–water partition coefficient (Wildman–Crippen LogP) is 5.29. The lowest BCUT2D eigenvalue weighted by Crippen LogP contribution is -2.22. The zero-order chi connectivity index (χ0) is 24.4. The van der Waals surface area contributed by atoms with Crippen LogP contribution in [0.1, 0.15) is 40.3 Å². The summed E-state index contributed by atoms with van der Waals surface area (Å²) in [5, 5.41) is 1.05. The van der Waals surface area contributed by atoms with Gasteiger partial charge < -0.3 is 9.30 Å². The van der Waals surface area contributed by atoms with Gasteiger partial charge in [-0.05, 0) is 58.0 Å². The number of carbonyl (C=O) groups is 1. The van der Waals surface area contributed by atoms with Gasteiger partial charge in [0.05, 0.1) is 35.0 Å². The third-order valence-electron chi connectivity index (χ3n) is 6.00. The van der Waals surface area contributed by atoms with Crippen LogP contribution in [0.15, 0.2) is 64.5 Å². The number of Topliss-reactive ketones (excluding diaryl/α,β-unsaturated/α-hetero) is 1. The van der Waals surface area contributed by atoms with Crippen LogP contribution < -0.4 is 5.56 Å². The highest BCUT2D eigenvalue weighted by Gasteiger charge is 2.20. The summed E-state index contributed by atoms with van der Waals surface area (Å²) in [6.45, 7) is 8.62. The molecular formula is C27H29N3O3S. The second-order valence-electron chi connectivity index (χ2n) is 8.56. The Morgan fingerprint density at radius 2 is 1.79 bits per heavy atom. The fraction of sp³-hybridized carbons (Fsp3) is 0.296. The van der Waals surface area contributed by atoms with Gasteiger partial charge in [-0.2, -0.15) is 0 Å². The third-order valence-corrected chi connectivity index (χ3v) is 6.94. The number of rotatable bonds is 8. The van der Waals surface area contributed by atoms with Crippen LogP contribution in [-0.4, -0.2) is 39.4 Å². The molecular weight excluding hydrogens is 446 g/mol. The number of fused-ring (bicyclic) bond motifs is 1. The van der Waals surface area contributed by atoms with Crippen LogP contribution in [-0.2, 0) is 4.74 Å². The van der Waals surface area contributed by atoms with E-state index in [0.717, 1.165) is 22.6 Å². The van der Waals surface area contributed by atoms with E-state index in [0.29, 0.717) is 28.2 Å². The quantitative estimate of drug-likeness (QED) is 0.197. The van der Waals surface area contributed by atoms with Crippen molar-refractivity contribution in [3.8, 4) is 5.69 Å². The van der Waals surface area contributed by atoms with Crippen LogP contribution in [0.2, 0.25) is 0 Å². The Kier molecular flexibility index (Phi) is 7.05. The number of ether oxygens (including phenoxy) is 1. The van der Waals surface area contributed by atoms with Gasteiger partial charge in [-0.15, -0.1) is 0 Å². The number of para-hydroxylation sites is 1. The topological polar surface area (TPSA) is 66.1 Å². The summed E-state index contributed by atoms with van der Waals surface area (Å²) in [5.41, 5.74) is 4.96. The number of nitrogens with zero attached hydrogens (tertiary/aromatic N) is 3. The molecule has 34 heavy (non-hydrogen) atoms. The molecule has 2 aromatic carbocycles. The summed E-state index contributed by atoms with van der Waals surface area (Å²) in [5.74, 6) is 0.186. The largest absolute Gasteiger partial charge is 0.383 e. The van der Waals surface area contributed by atoms with Gasteiger partial charge in [0, 0.05) is 24.1 Å². The molecule has 4 rings (SSSR count). The number of benzene rings is 2. The van der Waals surface area contributed by atoms with Crippen molar-refractivity contribution in [3.05, 3.63) is 87.5 Å². The van der Waals surface area contributed by atoms with Gasteiger partial charge in [0.25, 0.3) is 5.56 Å². The minimum Gasteiger partial charge on any atom is -0.383 e. The smallest absolute Gasteiger partial charge is 0.266 e. The minimum absolute atomic E-state index is 0.00632. The van der Waals surface area contributed by atoms with Gasteiger partial charge >= 0.3 is 0 Å². The lowest BCUT2D eigenvalue weighted by Gasteiger charge is -2.17. The van der Waals surface area contributed by atoms with E-state index in [1.165, 1.54) is 11.8 Å². The summed E-state index contributed by atoms with van der Waals surface area (Å²) >= 11 is 1.29. The van der Waals surface area contributed by atoms with E-state index in [2.05, 4.69) is 11.5 Å². The first-order valence-electron chi connectivity index (χ1n) is 11.2. The second-order valence-corrected chi connectivity index (χ2v) is 9.50. The van der Waals surface area contributed by atoms with Crippen molar-refractivity contribution in [2.75, 3.05) is 19.5 Å². The van der Waals surface area contributed by atoms with E-state index < -0.39 is 0 Å². The van der Waals surface area contributed by atoms with Crippen molar-refractivity contribution >= 4 is 28.4 Å². The molecule has 0 N–H and O–H groups in total. The number of hydrogen-bond donors (Lipinski definition) is 0. The lowest BCUT2D eigenvalue weighted by atomic mass is 10.2. The Labute approximate surface area is 203 Å². The van der Waals surface area contributed by atoms with E-state index in [9.17, 15) is 9.59 Å². The monoisotopic (exact) mass is 475 g/mol. The molecule has 2 aromatic heterocycles. The molecule has 6 nitrogen and oxygen atoms in total. The van der Waals surface area contributed by atoms with Gasteiger partial charge in [-0.25, -0.2) is 4.98 Å². The summed E-state index contributed by atoms with van der Waals surface area (Å²) in [6, 6.07) is 17.1. The lowest BCUT2D eigenvalue weighted by molar-refractivity contribution is 0.102.